The zero-order valence-corrected chi connectivity index (χ0v) is 14.5. The summed E-state index contributed by atoms with van der Waals surface area (Å²) >= 11 is 0. The second kappa shape index (κ2) is 9.40. The van der Waals surface area contributed by atoms with Crippen LogP contribution >= 0.6 is 0 Å². The van der Waals surface area contributed by atoms with Gasteiger partial charge in [0.1, 0.15) is 5.54 Å². The lowest BCUT2D eigenvalue weighted by atomic mass is 9.85. The van der Waals surface area contributed by atoms with Crippen LogP contribution in [-0.2, 0) is 0 Å². The van der Waals surface area contributed by atoms with Crippen LogP contribution in [-0.4, -0.2) is 62.2 Å². The predicted octanol–water partition coefficient (Wildman–Crippen LogP) is 2.32. The Morgan fingerprint density at radius 3 is 2.52 bits per heavy atom. The molecule has 0 amide bonds. The minimum absolute atomic E-state index is 0.256. The molecule has 0 aromatic carbocycles. The molecule has 1 aliphatic rings. The van der Waals surface area contributed by atoms with E-state index in [1.54, 1.807) is 0 Å². The van der Waals surface area contributed by atoms with E-state index in [0.717, 1.165) is 39.0 Å². The maximum Gasteiger partial charge on any atom is 0.109 e. The first-order valence-corrected chi connectivity index (χ1v) is 8.61. The maximum atomic E-state index is 9.63. The van der Waals surface area contributed by atoms with Crippen molar-refractivity contribution in [1.82, 2.24) is 15.1 Å². The van der Waals surface area contributed by atoms with Gasteiger partial charge in [-0.25, -0.2) is 0 Å². The van der Waals surface area contributed by atoms with Crippen LogP contribution in [0.4, 0.5) is 0 Å². The monoisotopic (exact) mass is 294 g/mol. The number of nitrogens with zero attached hydrogens (tertiary/aromatic N) is 3. The fourth-order valence-corrected chi connectivity index (χ4v) is 3.53. The summed E-state index contributed by atoms with van der Waals surface area (Å²) in [5, 5.41) is 13.1. The Labute approximate surface area is 131 Å². The van der Waals surface area contributed by atoms with Gasteiger partial charge < -0.3 is 9.80 Å². The largest absolute Gasteiger partial charge is 0.308 e. The van der Waals surface area contributed by atoms with E-state index in [-0.39, 0.29) is 5.54 Å². The van der Waals surface area contributed by atoms with Gasteiger partial charge in [0.2, 0.25) is 0 Å². The van der Waals surface area contributed by atoms with E-state index >= 15 is 0 Å². The highest BCUT2D eigenvalue weighted by Gasteiger charge is 2.42. The van der Waals surface area contributed by atoms with Crippen LogP contribution in [0.15, 0.2) is 0 Å². The molecule has 0 bridgehead atoms. The van der Waals surface area contributed by atoms with Crippen LogP contribution in [0.3, 0.4) is 0 Å². The first-order chi connectivity index (χ1) is 10.1. The zero-order chi connectivity index (χ0) is 15.7. The SMILES string of the molecule is CCCN(CCC1CCCC1(C#N)NCC)CCN(C)C. The molecule has 21 heavy (non-hydrogen) atoms. The van der Waals surface area contributed by atoms with E-state index in [0.29, 0.717) is 5.92 Å². The molecule has 0 saturated heterocycles. The van der Waals surface area contributed by atoms with Crippen molar-refractivity contribution in [1.29, 1.82) is 5.26 Å². The van der Waals surface area contributed by atoms with Gasteiger partial charge >= 0.3 is 0 Å². The van der Waals surface area contributed by atoms with E-state index in [2.05, 4.69) is 49.1 Å². The average molecular weight is 294 g/mol. The molecular weight excluding hydrogens is 260 g/mol. The second-order valence-corrected chi connectivity index (χ2v) is 6.64. The molecule has 1 aliphatic carbocycles. The Balaban J connectivity index is 2.51. The lowest BCUT2D eigenvalue weighted by molar-refractivity contribution is 0.207. The summed E-state index contributed by atoms with van der Waals surface area (Å²) in [5.41, 5.74) is -0.256. The number of nitrogens with one attached hydrogen (secondary N) is 1. The Bertz CT molecular complexity index is 323. The summed E-state index contributed by atoms with van der Waals surface area (Å²) in [6, 6.07) is 2.60. The molecule has 0 radical (unpaired) electrons. The molecule has 1 N–H and O–H groups in total. The molecular formula is C17H34N4. The highest BCUT2D eigenvalue weighted by molar-refractivity contribution is 5.14. The van der Waals surface area contributed by atoms with Crippen molar-refractivity contribution in [3.05, 3.63) is 0 Å². The van der Waals surface area contributed by atoms with Gasteiger partial charge in [-0.2, -0.15) is 5.26 Å². The van der Waals surface area contributed by atoms with Crippen molar-refractivity contribution >= 4 is 0 Å². The summed E-state index contributed by atoms with van der Waals surface area (Å²) in [4.78, 5) is 4.81. The maximum absolute atomic E-state index is 9.63. The molecule has 122 valence electrons. The van der Waals surface area contributed by atoms with E-state index in [1.165, 1.54) is 25.8 Å². The number of rotatable bonds is 10. The zero-order valence-electron chi connectivity index (χ0n) is 14.5. The number of likely N-dealkylation sites (N-methyl/N-ethyl adjacent to an activating group) is 1. The molecule has 4 heteroatoms. The normalized spacial score (nSPS) is 25.7. The van der Waals surface area contributed by atoms with Gasteiger partial charge in [0.15, 0.2) is 0 Å². The molecule has 2 unspecified atom stereocenters. The standard InChI is InChI=1S/C17H34N4/c1-5-11-21(14-13-20(3)4)12-9-16-8-7-10-17(16,15-18)19-6-2/h16,19H,5-14H2,1-4H3. The van der Waals surface area contributed by atoms with Crippen LogP contribution in [0.5, 0.6) is 0 Å². The molecule has 1 fully saturated rings. The first kappa shape index (κ1) is 18.4. The summed E-state index contributed by atoms with van der Waals surface area (Å²) in [7, 11) is 4.26. The average Bonchev–Trinajstić information content (AvgIpc) is 2.85. The van der Waals surface area contributed by atoms with Gasteiger partial charge in [-0.15, -0.1) is 0 Å². The number of hydrogen-bond donors (Lipinski definition) is 1. The van der Waals surface area contributed by atoms with Gasteiger partial charge in [-0.3, -0.25) is 5.32 Å². The van der Waals surface area contributed by atoms with Crippen LogP contribution in [0, 0.1) is 17.2 Å². The topological polar surface area (TPSA) is 42.3 Å². The van der Waals surface area contributed by atoms with Crippen molar-refractivity contribution in [3.63, 3.8) is 0 Å². The van der Waals surface area contributed by atoms with Crippen LogP contribution in [0.25, 0.3) is 0 Å². The third kappa shape index (κ3) is 5.58. The van der Waals surface area contributed by atoms with E-state index < -0.39 is 0 Å². The lowest BCUT2D eigenvalue weighted by Gasteiger charge is -2.32. The smallest absolute Gasteiger partial charge is 0.109 e. The van der Waals surface area contributed by atoms with Gasteiger partial charge in [-0.1, -0.05) is 20.3 Å². The molecule has 0 aromatic heterocycles. The fourth-order valence-electron chi connectivity index (χ4n) is 3.53. The molecule has 0 heterocycles. The van der Waals surface area contributed by atoms with Crippen molar-refractivity contribution in [3.8, 4) is 6.07 Å². The predicted molar refractivity (Wildman–Crippen MR) is 89.3 cm³/mol. The molecule has 1 saturated carbocycles. The van der Waals surface area contributed by atoms with Crippen LogP contribution in [0.1, 0.15) is 46.0 Å². The summed E-state index contributed by atoms with van der Waals surface area (Å²) in [6.07, 6.45) is 5.76. The molecule has 0 aromatic rings. The third-order valence-corrected chi connectivity index (χ3v) is 4.71. The Hall–Kier alpha value is -0.630. The lowest BCUT2D eigenvalue weighted by Crippen LogP contribution is -2.48. The summed E-state index contributed by atoms with van der Waals surface area (Å²) in [6.45, 7) is 9.78. The molecule has 1 rings (SSSR count). The minimum atomic E-state index is -0.256. The van der Waals surface area contributed by atoms with Gasteiger partial charge in [0.05, 0.1) is 6.07 Å². The number of nitriles is 1. The third-order valence-electron chi connectivity index (χ3n) is 4.71. The Morgan fingerprint density at radius 1 is 1.19 bits per heavy atom. The number of hydrogen-bond acceptors (Lipinski definition) is 4. The van der Waals surface area contributed by atoms with Gasteiger partial charge in [0.25, 0.3) is 0 Å². The summed E-state index contributed by atoms with van der Waals surface area (Å²) in [5.74, 6) is 0.515. The van der Waals surface area contributed by atoms with Crippen molar-refractivity contribution in [2.24, 2.45) is 5.92 Å². The molecule has 2 atom stereocenters. The highest BCUT2D eigenvalue weighted by atomic mass is 15.2. The Kier molecular flexibility index (Phi) is 8.24. The molecule has 4 nitrogen and oxygen atoms in total. The van der Waals surface area contributed by atoms with Crippen LogP contribution in [0.2, 0.25) is 0 Å². The van der Waals surface area contributed by atoms with Gasteiger partial charge in [-0.05, 0) is 65.3 Å². The van der Waals surface area contributed by atoms with E-state index in [4.69, 9.17) is 0 Å². The van der Waals surface area contributed by atoms with Gasteiger partial charge in [0, 0.05) is 13.1 Å². The Morgan fingerprint density at radius 2 is 1.95 bits per heavy atom. The quantitative estimate of drug-likeness (QED) is 0.671. The molecule has 0 spiro atoms. The second-order valence-electron chi connectivity index (χ2n) is 6.64. The van der Waals surface area contributed by atoms with E-state index in [9.17, 15) is 5.26 Å². The van der Waals surface area contributed by atoms with E-state index in [1.807, 2.05) is 0 Å². The first-order valence-electron chi connectivity index (χ1n) is 8.61. The van der Waals surface area contributed by atoms with Crippen molar-refractivity contribution in [2.45, 2.75) is 51.5 Å². The highest BCUT2D eigenvalue weighted by Crippen LogP contribution is 2.37. The minimum Gasteiger partial charge on any atom is -0.308 e. The summed E-state index contributed by atoms with van der Waals surface area (Å²) < 4.78 is 0. The fraction of sp³-hybridized carbons (Fsp3) is 0.941. The van der Waals surface area contributed by atoms with Crippen molar-refractivity contribution in [2.75, 3.05) is 46.8 Å². The van der Waals surface area contributed by atoms with Crippen LogP contribution < -0.4 is 5.32 Å². The molecule has 0 aliphatic heterocycles. The van der Waals surface area contributed by atoms with Crippen molar-refractivity contribution < 1.29 is 0 Å².